The molecule has 0 fully saturated rings. The summed E-state index contributed by atoms with van der Waals surface area (Å²) in [6, 6.07) is 12.0. The predicted molar refractivity (Wildman–Crippen MR) is 129 cm³/mol. The van der Waals surface area contributed by atoms with Crippen molar-refractivity contribution in [1.29, 1.82) is 0 Å². The van der Waals surface area contributed by atoms with E-state index in [4.69, 9.17) is 0 Å². The number of thiophene rings is 1. The van der Waals surface area contributed by atoms with Gasteiger partial charge in [-0.3, -0.25) is 9.59 Å². The second-order valence-electron chi connectivity index (χ2n) is 7.74. The van der Waals surface area contributed by atoms with Crippen LogP contribution in [0.3, 0.4) is 0 Å². The van der Waals surface area contributed by atoms with Gasteiger partial charge < -0.3 is 9.88 Å². The van der Waals surface area contributed by atoms with Crippen molar-refractivity contribution in [2.75, 3.05) is 17.2 Å². The van der Waals surface area contributed by atoms with Crippen LogP contribution in [0.25, 0.3) is 21.3 Å². The van der Waals surface area contributed by atoms with Gasteiger partial charge >= 0.3 is 0 Å². The van der Waals surface area contributed by atoms with Crippen LogP contribution in [0.5, 0.6) is 0 Å². The molecule has 3 heterocycles. The molecule has 1 amide bonds. The van der Waals surface area contributed by atoms with Gasteiger partial charge in [-0.25, -0.2) is 13.8 Å². The molecule has 4 aromatic rings. The van der Waals surface area contributed by atoms with Gasteiger partial charge in [0.1, 0.15) is 10.7 Å². The highest BCUT2D eigenvalue weighted by Crippen LogP contribution is 2.32. The van der Waals surface area contributed by atoms with Crippen molar-refractivity contribution >= 4 is 44.9 Å². The Bertz CT molecular complexity index is 1400. The molecule has 0 saturated carbocycles. The second-order valence-corrected chi connectivity index (χ2v) is 9.59. The fourth-order valence-electron chi connectivity index (χ4n) is 4.04. The lowest BCUT2D eigenvalue weighted by atomic mass is 10.0. The summed E-state index contributed by atoms with van der Waals surface area (Å²) < 4.78 is 27.3. The minimum atomic E-state index is -0.956. The highest BCUT2D eigenvalue weighted by Gasteiger charge is 2.24. The first kappa shape index (κ1) is 21.8. The number of carbonyl (C=O) groups is 1. The number of hydrogen-bond acceptors (Lipinski definition) is 5. The number of aromatic amines is 1. The van der Waals surface area contributed by atoms with Crippen molar-refractivity contribution in [2.24, 2.45) is 0 Å². The maximum absolute atomic E-state index is 13.7. The number of thioether (sulfide) groups is 1. The molecule has 1 N–H and O–H groups in total. The minimum absolute atomic E-state index is 0.139. The molecule has 0 aliphatic carbocycles. The zero-order valence-corrected chi connectivity index (χ0v) is 19.1. The van der Waals surface area contributed by atoms with Crippen LogP contribution in [0, 0.1) is 11.6 Å². The smallest absolute Gasteiger partial charge is 0.260 e. The van der Waals surface area contributed by atoms with Gasteiger partial charge in [0.25, 0.3) is 5.56 Å². The Morgan fingerprint density at radius 1 is 1.18 bits per heavy atom. The number of hydrogen-bond donors (Lipinski definition) is 1. The molecule has 0 unspecified atom stereocenters. The van der Waals surface area contributed by atoms with Gasteiger partial charge in [0.05, 0.1) is 16.9 Å². The first-order valence-electron chi connectivity index (χ1n) is 10.4. The Labute approximate surface area is 196 Å². The van der Waals surface area contributed by atoms with Crippen LogP contribution >= 0.6 is 23.1 Å². The van der Waals surface area contributed by atoms with Gasteiger partial charge in [-0.2, -0.15) is 0 Å². The number of fused-ring (bicyclic) bond motifs is 2. The van der Waals surface area contributed by atoms with Gasteiger partial charge in [-0.15, -0.1) is 23.1 Å². The number of anilines is 1. The lowest BCUT2D eigenvalue weighted by molar-refractivity contribution is -0.116. The molecular formula is C24H19F2N3O2S2. The van der Waals surface area contributed by atoms with E-state index in [1.165, 1.54) is 34.1 Å². The molecule has 168 valence electrons. The Morgan fingerprint density at radius 2 is 1.97 bits per heavy atom. The molecule has 5 nitrogen and oxygen atoms in total. The van der Waals surface area contributed by atoms with E-state index in [-0.39, 0.29) is 17.2 Å². The topological polar surface area (TPSA) is 66.1 Å². The van der Waals surface area contributed by atoms with E-state index < -0.39 is 11.6 Å². The van der Waals surface area contributed by atoms with Crippen molar-refractivity contribution in [3.8, 4) is 11.1 Å². The molecule has 0 atom stereocenters. The number of carbonyl (C=O) groups excluding carboxylic acids is 1. The van der Waals surface area contributed by atoms with Crippen molar-refractivity contribution in [1.82, 2.24) is 9.97 Å². The molecule has 0 radical (unpaired) electrons. The van der Waals surface area contributed by atoms with Crippen LogP contribution in [-0.2, 0) is 17.0 Å². The van der Waals surface area contributed by atoms with E-state index in [1.807, 2.05) is 35.7 Å². The van der Waals surface area contributed by atoms with E-state index >= 15 is 0 Å². The van der Waals surface area contributed by atoms with Gasteiger partial charge in [-0.1, -0.05) is 30.3 Å². The third-order valence-corrected chi connectivity index (χ3v) is 7.38. The standard InChI is InChI=1S/C24H19F2N3O2S2/c25-17-9-15-7-4-8-29(19(15)10-18(17)26)21(30)13-32-12-20-27-23(31)22-16(11-33-24(22)28-20)14-5-2-1-3-6-14/h1-3,5-6,9-11H,4,7-8,12-13H2,(H,27,28,31). The largest absolute Gasteiger partial charge is 0.311 e. The SMILES string of the molecule is O=C(CSCc1nc2scc(-c3ccccc3)c2c(=O)[nH]1)N1CCCc2cc(F)c(F)cc21. The molecule has 9 heteroatoms. The monoisotopic (exact) mass is 483 g/mol. The van der Waals surface area contributed by atoms with E-state index in [0.29, 0.717) is 52.4 Å². The van der Waals surface area contributed by atoms with E-state index in [2.05, 4.69) is 9.97 Å². The second kappa shape index (κ2) is 9.07. The molecule has 0 bridgehead atoms. The van der Waals surface area contributed by atoms with Crippen molar-refractivity contribution in [3.63, 3.8) is 0 Å². The van der Waals surface area contributed by atoms with Crippen LogP contribution in [0.1, 0.15) is 17.8 Å². The first-order chi connectivity index (χ1) is 16.0. The predicted octanol–water partition coefficient (Wildman–Crippen LogP) is 5.14. The maximum Gasteiger partial charge on any atom is 0.260 e. The number of rotatable bonds is 5. The van der Waals surface area contributed by atoms with E-state index in [9.17, 15) is 18.4 Å². The summed E-state index contributed by atoms with van der Waals surface area (Å²) in [6.45, 7) is 0.468. The zero-order chi connectivity index (χ0) is 22.9. The number of amides is 1. The van der Waals surface area contributed by atoms with Gasteiger partial charge in [0, 0.05) is 29.2 Å². The summed E-state index contributed by atoms with van der Waals surface area (Å²) in [5.41, 5.74) is 2.69. The summed E-state index contributed by atoms with van der Waals surface area (Å²) in [4.78, 5) is 35.1. The molecule has 0 spiro atoms. The van der Waals surface area contributed by atoms with Crippen molar-refractivity contribution in [3.05, 3.63) is 81.2 Å². The summed E-state index contributed by atoms with van der Waals surface area (Å²) in [7, 11) is 0. The quantitative estimate of drug-likeness (QED) is 0.427. The van der Waals surface area contributed by atoms with Gasteiger partial charge in [-0.05, 0) is 30.0 Å². The van der Waals surface area contributed by atoms with Crippen molar-refractivity contribution in [2.45, 2.75) is 18.6 Å². The Morgan fingerprint density at radius 3 is 2.79 bits per heavy atom. The summed E-state index contributed by atoms with van der Waals surface area (Å²) in [5, 5.41) is 2.49. The highest BCUT2D eigenvalue weighted by atomic mass is 32.2. The molecule has 2 aromatic heterocycles. The molecule has 33 heavy (non-hydrogen) atoms. The average Bonchev–Trinajstić information content (AvgIpc) is 3.25. The minimum Gasteiger partial charge on any atom is -0.311 e. The molecular weight excluding hydrogens is 464 g/mol. The molecule has 0 saturated heterocycles. The maximum atomic E-state index is 13.7. The van der Waals surface area contributed by atoms with Crippen LogP contribution in [0.2, 0.25) is 0 Å². The number of aryl methyl sites for hydroxylation is 1. The highest BCUT2D eigenvalue weighted by molar-refractivity contribution is 7.99. The summed E-state index contributed by atoms with van der Waals surface area (Å²) in [5.74, 6) is -1.04. The van der Waals surface area contributed by atoms with Crippen LogP contribution in [-0.4, -0.2) is 28.2 Å². The number of halogens is 2. The third kappa shape index (κ3) is 4.30. The number of nitrogens with zero attached hydrogens (tertiary/aromatic N) is 2. The molecule has 1 aliphatic rings. The van der Waals surface area contributed by atoms with E-state index in [0.717, 1.165) is 17.2 Å². The lowest BCUT2D eigenvalue weighted by Crippen LogP contribution is -2.37. The molecule has 1 aliphatic heterocycles. The Kier molecular flexibility index (Phi) is 5.99. The number of aromatic nitrogens is 2. The summed E-state index contributed by atoms with van der Waals surface area (Å²) >= 11 is 2.74. The number of benzene rings is 2. The number of nitrogens with one attached hydrogen (secondary N) is 1. The zero-order valence-electron chi connectivity index (χ0n) is 17.4. The molecule has 2 aromatic carbocycles. The Balaban J connectivity index is 1.29. The lowest BCUT2D eigenvalue weighted by Gasteiger charge is -2.29. The normalized spacial score (nSPS) is 13.3. The fourth-order valence-corrected chi connectivity index (χ4v) is 5.77. The Hall–Kier alpha value is -3.04. The molecule has 5 rings (SSSR count). The summed E-state index contributed by atoms with van der Waals surface area (Å²) in [6.07, 6.45) is 1.31. The van der Waals surface area contributed by atoms with Gasteiger partial charge in [0.2, 0.25) is 5.91 Å². The van der Waals surface area contributed by atoms with Gasteiger partial charge in [0.15, 0.2) is 11.6 Å². The van der Waals surface area contributed by atoms with Crippen LogP contribution in [0.4, 0.5) is 14.5 Å². The van der Waals surface area contributed by atoms with Crippen LogP contribution in [0.15, 0.2) is 52.6 Å². The average molecular weight is 484 g/mol. The first-order valence-corrected chi connectivity index (χ1v) is 12.5. The van der Waals surface area contributed by atoms with Crippen LogP contribution < -0.4 is 10.5 Å². The fraction of sp³-hybridized carbons (Fsp3) is 0.208. The number of H-pyrrole nitrogens is 1. The third-order valence-electron chi connectivity index (χ3n) is 5.58. The van der Waals surface area contributed by atoms with E-state index in [1.54, 1.807) is 0 Å². The van der Waals surface area contributed by atoms with Crippen molar-refractivity contribution < 1.29 is 13.6 Å².